The van der Waals surface area contributed by atoms with Gasteiger partial charge in [-0.3, -0.25) is 10.1 Å². The Labute approximate surface area is 179 Å². The molecule has 3 rings (SSSR count). The summed E-state index contributed by atoms with van der Waals surface area (Å²) in [5.41, 5.74) is -0.185. The van der Waals surface area contributed by atoms with Gasteiger partial charge in [-0.05, 0) is 55.8 Å². The molecule has 2 aromatic rings. The first kappa shape index (κ1) is 21.5. The summed E-state index contributed by atoms with van der Waals surface area (Å²) in [6.07, 6.45) is 2.85. The van der Waals surface area contributed by atoms with Gasteiger partial charge in [-0.25, -0.2) is 9.80 Å². The third-order valence-electron chi connectivity index (χ3n) is 4.52. The van der Waals surface area contributed by atoms with E-state index in [1.54, 1.807) is 67.7 Å². The van der Waals surface area contributed by atoms with E-state index in [1.165, 1.54) is 11.9 Å². The van der Waals surface area contributed by atoms with Gasteiger partial charge >= 0.3 is 6.09 Å². The van der Waals surface area contributed by atoms with Crippen LogP contribution in [0.15, 0.2) is 65.9 Å². The van der Waals surface area contributed by atoms with Crippen molar-refractivity contribution in [1.82, 2.24) is 0 Å². The van der Waals surface area contributed by atoms with Crippen LogP contribution in [0.1, 0.15) is 25.8 Å². The fourth-order valence-electron chi connectivity index (χ4n) is 2.98. The first-order valence-corrected chi connectivity index (χ1v) is 9.79. The predicted octanol–water partition coefficient (Wildman–Crippen LogP) is 4.47. The van der Waals surface area contributed by atoms with Crippen molar-refractivity contribution in [3.8, 4) is 0 Å². The molecule has 2 N–H and O–H groups in total. The minimum absolute atomic E-state index is 0.0178. The Morgan fingerprint density at radius 3 is 2.73 bits per heavy atom. The maximum atomic E-state index is 12.7. The predicted molar refractivity (Wildman–Crippen MR) is 117 cm³/mol. The second-order valence-corrected chi connectivity index (χ2v) is 7.22. The average Bonchev–Trinajstić information content (AvgIpc) is 2.91. The topological polar surface area (TPSA) is 91.2 Å². The molecule has 0 saturated heterocycles. The van der Waals surface area contributed by atoms with Crippen molar-refractivity contribution in [2.45, 2.75) is 25.9 Å². The zero-order chi connectivity index (χ0) is 21.7. The number of aliphatic hydroxyl groups is 1. The van der Waals surface area contributed by atoms with Crippen LogP contribution in [0.5, 0.6) is 0 Å². The highest BCUT2D eigenvalue weighted by molar-refractivity contribution is 6.43. The lowest BCUT2D eigenvalue weighted by atomic mass is 9.87. The molecule has 156 valence electrons. The first-order valence-electron chi connectivity index (χ1n) is 9.41. The van der Waals surface area contributed by atoms with Gasteiger partial charge in [0.15, 0.2) is 5.78 Å². The molecular formula is C22H22ClN3O4. The molecule has 0 saturated carbocycles. The van der Waals surface area contributed by atoms with Crippen molar-refractivity contribution in [3.63, 3.8) is 0 Å². The average molecular weight is 428 g/mol. The Bertz CT molecular complexity index is 1000. The number of nitrogens with one attached hydrogen (secondary N) is 1. The lowest BCUT2D eigenvalue weighted by molar-refractivity contribution is -0.113. The fourth-order valence-corrected chi connectivity index (χ4v) is 3.11. The normalized spacial score (nSPS) is 15.8. The highest BCUT2D eigenvalue weighted by Gasteiger charge is 2.36. The van der Waals surface area contributed by atoms with E-state index in [1.807, 2.05) is 0 Å². The van der Waals surface area contributed by atoms with E-state index in [2.05, 4.69) is 10.4 Å². The minimum Gasteiger partial charge on any atom is -0.450 e. The molecule has 7 nitrogen and oxygen atoms in total. The molecule has 1 unspecified atom stereocenters. The third-order valence-corrected chi connectivity index (χ3v) is 4.77. The summed E-state index contributed by atoms with van der Waals surface area (Å²) in [7, 11) is 0. The summed E-state index contributed by atoms with van der Waals surface area (Å²) in [5.74, 6) is -0.309. The number of amides is 1. The van der Waals surface area contributed by atoms with Gasteiger partial charge in [-0.1, -0.05) is 29.8 Å². The monoisotopic (exact) mass is 427 g/mol. The number of halogens is 1. The molecule has 2 aromatic carbocycles. The van der Waals surface area contributed by atoms with Crippen LogP contribution in [0.4, 0.5) is 16.2 Å². The van der Waals surface area contributed by atoms with Crippen molar-refractivity contribution in [3.05, 3.63) is 71.4 Å². The summed E-state index contributed by atoms with van der Waals surface area (Å²) < 4.78 is 4.88. The number of allylic oxidation sites excluding steroid dienone is 1. The van der Waals surface area contributed by atoms with E-state index >= 15 is 0 Å². The number of hydrazone groups is 1. The molecule has 0 spiro atoms. The maximum absolute atomic E-state index is 12.7. The van der Waals surface area contributed by atoms with E-state index in [-0.39, 0.29) is 24.5 Å². The van der Waals surface area contributed by atoms with Gasteiger partial charge in [-0.2, -0.15) is 5.10 Å². The zero-order valence-electron chi connectivity index (χ0n) is 16.6. The minimum atomic E-state index is -1.69. The van der Waals surface area contributed by atoms with Gasteiger partial charge < -0.3 is 9.84 Å². The number of anilines is 2. The number of benzene rings is 2. The second kappa shape index (κ2) is 9.11. The van der Waals surface area contributed by atoms with E-state index in [9.17, 15) is 14.7 Å². The van der Waals surface area contributed by atoms with Crippen LogP contribution < -0.4 is 10.3 Å². The van der Waals surface area contributed by atoms with Gasteiger partial charge in [0.1, 0.15) is 11.3 Å². The summed E-state index contributed by atoms with van der Waals surface area (Å²) in [6, 6.07) is 13.5. The van der Waals surface area contributed by atoms with Crippen LogP contribution in [-0.2, 0) is 15.1 Å². The molecule has 0 aliphatic carbocycles. The molecule has 0 radical (unpaired) electrons. The summed E-state index contributed by atoms with van der Waals surface area (Å²) in [6.45, 7) is 3.44. The number of nitrogens with zero attached hydrogens (tertiary/aromatic N) is 2. The largest absolute Gasteiger partial charge is 0.450 e. The van der Waals surface area contributed by atoms with Crippen molar-refractivity contribution >= 4 is 40.6 Å². The second-order valence-electron chi connectivity index (χ2n) is 6.78. The van der Waals surface area contributed by atoms with Crippen LogP contribution >= 0.6 is 11.6 Å². The van der Waals surface area contributed by atoms with Crippen molar-refractivity contribution < 1.29 is 19.4 Å². The SMILES string of the molecule is CCOC(=O)Nc1cccc(C(C)(O)C2=NN(c3ccc(Cl)cc3)C=CCC2=O)c1. The first-order chi connectivity index (χ1) is 14.3. The van der Waals surface area contributed by atoms with Crippen LogP contribution in [0, 0.1) is 0 Å². The van der Waals surface area contributed by atoms with E-state index in [4.69, 9.17) is 16.3 Å². The smallest absolute Gasteiger partial charge is 0.411 e. The van der Waals surface area contributed by atoms with Gasteiger partial charge in [0.05, 0.1) is 12.3 Å². The molecule has 1 atom stereocenters. The fraction of sp³-hybridized carbons (Fsp3) is 0.227. The number of rotatable bonds is 5. The summed E-state index contributed by atoms with van der Waals surface area (Å²) in [5, 5.41) is 20.4. The molecular weight excluding hydrogens is 406 g/mol. The molecule has 0 fully saturated rings. The number of carbonyl (C=O) groups is 2. The van der Waals surface area contributed by atoms with Crippen LogP contribution in [0.25, 0.3) is 0 Å². The van der Waals surface area contributed by atoms with Crippen LogP contribution in [0.2, 0.25) is 5.02 Å². The van der Waals surface area contributed by atoms with Gasteiger partial charge in [0, 0.05) is 23.3 Å². The Morgan fingerprint density at radius 1 is 1.30 bits per heavy atom. The number of carbonyl (C=O) groups excluding carboxylic acids is 2. The Hall–Kier alpha value is -3.16. The molecule has 0 aromatic heterocycles. The van der Waals surface area contributed by atoms with Crippen molar-refractivity contribution in [1.29, 1.82) is 0 Å². The summed E-state index contributed by atoms with van der Waals surface area (Å²) >= 11 is 5.95. The highest BCUT2D eigenvalue weighted by atomic mass is 35.5. The third kappa shape index (κ3) is 4.87. The van der Waals surface area contributed by atoms with Gasteiger partial charge in [0.25, 0.3) is 0 Å². The number of Topliss-reactive ketones (excluding diaryl/α,β-unsaturated/α-hetero) is 1. The standard InChI is InChI=1S/C22H22ClN3O4/c1-3-30-21(28)24-17-7-4-6-15(14-17)22(2,29)20-19(27)8-5-13-26(25-20)18-11-9-16(23)10-12-18/h4-7,9-14,29H,3,8H2,1-2H3,(H,24,28). The molecule has 8 heteroatoms. The molecule has 1 aliphatic rings. The van der Waals surface area contributed by atoms with E-state index in [0.717, 1.165) is 0 Å². The number of ether oxygens (including phenoxy) is 1. The van der Waals surface area contributed by atoms with E-state index < -0.39 is 11.7 Å². The number of hydrogen-bond donors (Lipinski definition) is 2. The van der Waals surface area contributed by atoms with Crippen LogP contribution in [0.3, 0.4) is 0 Å². The Kier molecular flexibility index (Phi) is 6.54. The van der Waals surface area contributed by atoms with Crippen LogP contribution in [-0.4, -0.2) is 29.3 Å². The van der Waals surface area contributed by atoms with Gasteiger partial charge in [0.2, 0.25) is 0 Å². The lowest BCUT2D eigenvalue weighted by Gasteiger charge is -2.26. The Morgan fingerprint density at radius 2 is 2.03 bits per heavy atom. The molecule has 1 aliphatic heterocycles. The highest BCUT2D eigenvalue weighted by Crippen LogP contribution is 2.29. The number of hydrogen-bond acceptors (Lipinski definition) is 6. The lowest BCUT2D eigenvalue weighted by Crippen LogP contribution is -2.38. The molecule has 30 heavy (non-hydrogen) atoms. The quantitative estimate of drug-likeness (QED) is 0.734. The van der Waals surface area contributed by atoms with Crippen molar-refractivity contribution in [2.24, 2.45) is 5.10 Å². The van der Waals surface area contributed by atoms with Crippen molar-refractivity contribution in [2.75, 3.05) is 16.9 Å². The number of ketones is 1. The van der Waals surface area contributed by atoms with Gasteiger partial charge in [-0.15, -0.1) is 0 Å². The molecule has 0 bridgehead atoms. The Balaban J connectivity index is 1.95. The maximum Gasteiger partial charge on any atom is 0.411 e. The molecule has 1 amide bonds. The zero-order valence-corrected chi connectivity index (χ0v) is 17.4. The van der Waals surface area contributed by atoms with E-state index in [0.29, 0.717) is 22.0 Å². The molecule has 1 heterocycles. The summed E-state index contributed by atoms with van der Waals surface area (Å²) in [4.78, 5) is 24.4.